The van der Waals surface area contributed by atoms with E-state index in [0.29, 0.717) is 6.42 Å². The number of nitrogens with one attached hydrogen (secondary N) is 1. The molecule has 0 aliphatic heterocycles. The molecule has 0 fully saturated rings. The van der Waals surface area contributed by atoms with E-state index < -0.39 is 12.1 Å². The fraction of sp³-hybridized carbons (Fsp3) is 0.750. The molecule has 186 valence electrons. The average molecular weight is 450 g/mol. The second kappa shape index (κ2) is 24.3. The van der Waals surface area contributed by atoms with Crippen molar-refractivity contribution in [3.05, 3.63) is 36.5 Å². The molecule has 0 aromatic carbocycles. The molecule has 0 spiro atoms. The van der Waals surface area contributed by atoms with E-state index in [0.717, 1.165) is 44.9 Å². The van der Waals surface area contributed by atoms with Crippen molar-refractivity contribution < 1.29 is 15.0 Å². The van der Waals surface area contributed by atoms with Gasteiger partial charge in [0.05, 0.1) is 18.8 Å². The molecule has 32 heavy (non-hydrogen) atoms. The van der Waals surface area contributed by atoms with Crippen LogP contribution < -0.4 is 5.32 Å². The molecule has 0 rings (SSSR count). The van der Waals surface area contributed by atoms with E-state index in [4.69, 9.17) is 0 Å². The summed E-state index contributed by atoms with van der Waals surface area (Å²) in [7, 11) is 0. The molecule has 0 bridgehead atoms. The molecule has 0 aliphatic rings. The monoisotopic (exact) mass is 449 g/mol. The van der Waals surface area contributed by atoms with Crippen molar-refractivity contribution in [2.75, 3.05) is 6.61 Å². The van der Waals surface area contributed by atoms with Gasteiger partial charge in [0.1, 0.15) is 0 Å². The predicted molar refractivity (Wildman–Crippen MR) is 138 cm³/mol. The van der Waals surface area contributed by atoms with Crippen molar-refractivity contribution in [3.8, 4) is 0 Å². The van der Waals surface area contributed by atoms with Crippen molar-refractivity contribution in [1.29, 1.82) is 0 Å². The minimum absolute atomic E-state index is 0.0885. The molecule has 4 heteroatoms. The van der Waals surface area contributed by atoms with Crippen LogP contribution in [-0.4, -0.2) is 34.9 Å². The molecule has 0 radical (unpaired) electrons. The zero-order valence-corrected chi connectivity index (χ0v) is 20.9. The Bertz CT molecular complexity index is 499. The lowest BCUT2D eigenvalue weighted by atomic mass is 10.1. The quantitative estimate of drug-likeness (QED) is 0.126. The Morgan fingerprint density at radius 2 is 1.31 bits per heavy atom. The summed E-state index contributed by atoms with van der Waals surface area (Å²) in [6.07, 6.45) is 29.3. The number of hydrogen-bond acceptors (Lipinski definition) is 3. The van der Waals surface area contributed by atoms with E-state index in [2.05, 4.69) is 43.5 Å². The summed E-state index contributed by atoms with van der Waals surface area (Å²) in [6.45, 7) is 4.15. The molecule has 0 saturated carbocycles. The Labute approximate surface area is 198 Å². The van der Waals surface area contributed by atoms with E-state index in [-0.39, 0.29) is 12.5 Å². The molecule has 2 unspecified atom stereocenters. The van der Waals surface area contributed by atoms with E-state index in [1.165, 1.54) is 51.4 Å². The number of aliphatic hydroxyl groups excluding tert-OH is 2. The molecule has 0 heterocycles. The third-order valence-electron chi connectivity index (χ3n) is 5.62. The van der Waals surface area contributed by atoms with Gasteiger partial charge in [0.15, 0.2) is 0 Å². The number of carbonyl (C=O) groups is 1. The number of carbonyl (C=O) groups excluding carboxylic acids is 1. The Morgan fingerprint density at radius 3 is 1.97 bits per heavy atom. The Morgan fingerprint density at radius 1 is 0.750 bits per heavy atom. The normalized spacial score (nSPS) is 14.0. The highest BCUT2D eigenvalue weighted by Crippen LogP contribution is 2.09. The molecule has 2 atom stereocenters. The molecule has 4 nitrogen and oxygen atoms in total. The summed E-state index contributed by atoms with van der Waals surface area (Å²) in [5.74, 6) is -0.0885. The second-order valence-corrected chi connectivity index (χ2v) is 8.75. The maximum absolute atomic E-state index is 12.1. The smallest absolute Gasteiger partial charge is 0.220 e. The van der Waals surface area contributed by atoms with Gasteiger partial charge in [0.25, 0.3) is 0 Å². The van der Waals surface area contributed by atoms with Crippen LogP contribution in [0.3, 0.4) is 0 Å². The Kier molecular flexibility index (Phi) is 23.2. The van der Waals surface area contributed by atoms with Crippen molar-refractivity contribution in [2.45, 2.75) is 129 Å². The van der Waals surface area contributed by atoms with Gasteiger partial charge in [-0.05, 0) is 44.9 Å². The van der Waals surface area contributed by atoms with E-state index in [9.17, 15) is 15.0 Å². The van der Waals surface area contributed by atoms with Crippen LogP contribution >= 0.6 is 0 Å². The van der Waals surface area contributed by atoms with E-state index in [1.807, 2.05) is 6.08 Å². The van der Waals surface area contributed by atoms with E-state index in [1.54, 1.807) is 6.08 Å². The minimum atomic E-state index is -0.838. The first-order valence-corrected chi connectivity index (χ1v) is 13.2. The van der Waals surface area contributed by atoms with Gasteiger partial charge in [-0.25, -0.2) is 0 Å². The highest BCUT2D eigenvalue weighted by molar-refractivity contribution is 5.76. The number of hydrogen-bond donors (Lipinski definition) is 3. The van der Waals surface area contributed by atoms with Crippen LogP contribution in [0.4, 0.5) is 0 Å². The molecular formula is C28H51NO3. The average Bonchev–Trinajstić information content (AvgIpc) is 2.79. The number of rotatable bonds is 22. The van der Waals surface area contributed by atoms with Gasteiger partial charge in [-0.15, -0.1) is 0 Å². The van der Waals surface area contributed by atoms with Crippen LogP contribution in [0.1, 0.15) is 117 Å². The lowest BCUT2D eigenvalue weighted by molar-refractivity contribution is -0.123. The molecule has 0 aliphatic carbocycles. The Hall–Kier alpha value is -1.39. The van der Waals surface area contributed by atoms with Gasteiger partial charge in [0, 0.05) is 6.42 Å². The summed E-state index contributed by atoms with van der Waals surface area (Å²) in [6, 6.07) is -0.623. The number of allylic oxidation sites excluding steroid dienone is 5. The lowest BCUT2D eigenvalue weighted by Crippen LogP contribution is -2.45. The van der Waals surface area contributed by atoms with Gasteiger partial charge in [0.2, 0.25) is 5.91 Å². The minimum Gasteiger partial charge on any atom is -0.394 e. The maximum atomic E-state index is 12.1. The van der Waals surface area contributed by atoms with Crippen molar-refractivity contribution in [2.24, 2.45) is 0 Å². The first kappa shape index (κ1) is 30.6. The zero-order chi connectivity index (χ0) is 23.7. The third-order valence-corrected chi connectivity index (χ3v) is 5.62. The van der Waals surface area contributed by atoms with Crippen LogP contribution in [0.15, 0.2) is 36.5 Å². The van der Waals surface area contributed by atoms with Crippen LogP contribution in [-0.2, 0) is 4.79 Å². The van der Waals surface area contributed by atoms with Gasteiger partial charge < -0.3 is 15.5 Å². The third kappa shape index (κ3) is 20.5. The second-order valence-electron chi connectivity index (χ2n) is 8.75. The summed E-state index contributed by atoms with van der Waals surface area (Å²) in [5.41, 5.74) is 0. The summed E-state index contributed by atoms with van der Waals surface area (Å²) >= 11 is 0. The van der Waals surface area contributed by atoms with Crippen LogP contribution in [0, 0.1) is 0 Å². The molecule has 0 saturated heterocycles. The summed E-state index contributed by atoms with van der Waals surface area (Å²) in [4.78, 5) is 12.1. The van der Waals surface area contributed by atoms with Gasteiger partial charge in [-0.3, -0.25) is 4.79 Å². The molecular weight excluding hydrogens is 398 g/mol. The predicted octanol–water partition coefficient (Wildman–Crippen LogP) is 6.77. The largest absolute Gasteiger partial charge is 0.394 e. The van der Waals surface area contributed by atoms with Gasteiger partial charge in [-0.1, -0.05) is 102 Å². The molecule has 0 aromatic rings. The zero-order valence-electron chi connectivity index (χ0n) is 20.9. The van der Waals surface area contributed by atoms with Crippen LogP contribution in [0.2, 0.25) is 0 Å². The number of amides is 1. The van der Waals surface area contributed by atoms with Crippen molar-refractivity contribution in [3.63, 3.8) is 0 Å². The van der Waals surface area contributed by atoms with Gasteiger partial charge in [-0.2, -0.15) is 0 Å². The van der Waals surface area contributed by atoms with E-state index >= 15 is 0 Å². The first-order chi connectivity index (χ1) is 15.7. The summed E-state index contributed by atoms with van der Waals surface area (Å²) in [5, 5.41) is 22.4. The molecule has 1 amide bonds. The highest BCUT2D eigenvalue weighted by Gasteiger charge is 2.17. The SMILES string of the molecule is CCCC/C=C\C/C=C\CCCCCCCC(=O)NC(CO)C(O)/C=C/CCCCCC. The fourth-order valence-corrected chi connectivity index (χ4v) is 3.48. The number of aliphatic hydroxyl groups is 2. The number of unbranched alkanes of at least 4 members (excludes halogenated alkanes) is 11. The van der Waals surface area contributed by atoms with Crippen LogP contribution in [0.5, 0.6) is 0 Å². The topological polar surface area (TPSA) is 69.6 Å². The Balaban J connectivity index is 3.73. The molecule has 3 N–H and O–H groups in total. The fourth-order valence-electron chi connectivity index (χ4n) is 3.48. The first-order valence-electron chi connectivity index (χ1n) is 13.2. The van der Waals surface area contributed by atoms with Crippen molar-refractivity contribution in [1.82, 2.24) is 5.32 Å². The van der Waals surface area contributed by atoms with Gasteiger partial charge >= 0.3 is 0 Å². The van der Waals surface area contributed by atoms with Crippen molar-refractivity contribution >= 4 is 5.91 Å². The summed E-state index contributed by atoms with van der Waals surface area (Å²) < 4.78 is 0. The lowest BCUT2D eigenvalue weighted by Gasteiger charge is -2.20. The standard InChI is InChI=1S/C28H51NO3/c1-3-5-7-9-11-12-13-14-15-16-17-18-20-22-24-28(32)29-26(25-30)27(31)23-21-19-10-8-6-4-2/h9,11,13-14,21,23,26-27,30-31H,3-8,10,12,15-20,22,24-25H2,1-2H3,(H,29,32)/b11-9-,14-13-,23-21+. The van der Waals surface area contributed by atoms with Crippen LogP contribution in [0.25, 0.3) is 0 Å². The highest BCUT2D eigenvalue weighted by atomic mass is 16.3. The maximum Gasteiger partial charge on any atom is 0.220 e. The molecule has 0 aromatic heterocycles.